The molecule has 3 aromatic rings. The molecule has 9 heteroatoms. The molecule has 0 radical (unpaired) electrons. The van der Waals surface area contributed by atoms with Crippen molar-refractivity contribution in [3.63, 3.8) is 0 Å². The number of fused-ring (bicyclic) bond motifs is 1. The van der Waals surface area contributed by atoms with Gasteiger partial charge in [0.15, 0.2) is 0 Å². The molecular weight excluding hydrogens is 547 g/mol. The molecule has 0 bridgehead atoms. The summed E-state index contributed by atoms with van der Waals surface area (Å²) in [5, 5.41) is 2.03. The molecule has 0 N–H and O–H groups in total. The SMILES string of the molecule is COCCCN(CC(=O)N1CCc2sccc2[C@H]1COc1ccc(F)cc1)C(=O)c1cccc(Br)c1. The van der Waals surface area contributed by atoms with Crippen LogP contribution in [0.5, 0.6) is 5.75 Å². The summed E-state index contributed by atoms with van der Waals surface area (Å²) in [4.78, 5) is 31.6. The van der Waals surface area contributed by atoms with E-state index < -0.39 is 0 Å². The first kappa shape index (κ1) is 26.3. The van der Waals surface area contributed by atoms with Crippen LogP contribution in [0.1, 0.15) is 33.3 Å². The highest BCUT2D eigenvalue weighted by Gasteiger charge is 2.33. The fourth-order valence-corrected chi connectivity index (χ4v) is 5.62. The second-order valence-electron chi connectivity index (χ2n) is 8.50. The highest BCUT2D eigenvalue weighted by atomic mass is 79.9. The smallest absolute Gasteiger partial charge is 0.254 e. The zero-order chi connectivity index (χ0) is 25.5. The van der Waals surface area contributed by atoms with E-state index in [1.807, 2.05) is 17.5 Å². The second-order valence-corrected chi connectivity index (χ2v) is 10.4. The van der Waals surface area contributed by atoms with Gasteiger partial charge in [-0.2, -0.15) is 0 Å². The van der Waals surface area contributed by atoms with Crippen molar-refractivity contribution < 1.29 is 23.5 Å². The van der Waals surface area contributed by atoms with Crippen LogP contribution >= 0.6 is 27.3 Å². The summed E-state index contributed by atoms with van der Waals surface area (Å²) < 4.78 is 25.2. The van der Waals surface area contributed by atoms with E-state index in [9.17, 15) is 14.0 Å². The van der Waals surface area contributed by atoms with Crippen LogP contribution < -0.4 is 4.74 Å². The minimum absolute atomic E-state index is 0.0401. The Hall–Kier alpha value is -2.75. The summed E-state index contributed by atoms with van der Waals surface area (Å²) in [7, 11) is 1.61. The lowest BCUT2D eigenvalue weighted by Crippen LogP contribution is -2.48. The fourth-order valence-electron chi connectivity index (χ4n) is 4.29. The molecule has 0 fully saturated rings. The average molecular weight is 576 g/mol. The first-order valence-electron chi connectivity index (χ1n) is 11.7. The Balaban J connectivity index is 1.52. The Morgan fingerprint density at radius 3 is 2.75 bits per heavy atom. The summed E-state index contributed by atoms with van der Waals surface area (Å²) in [6.45, 7) is 1.64. The maximum atomic E-state index is 13.6. The number of halogens is 2. The molecular formula is C27H28BrFN2O4S. The van der Waals surface area contributed by atoms with E-state index in [1.165, 1.54) is 17.0 Å². The number of amides is 2. The molecule has 0 saturated heterocycles. The molecule has 0 aliphatic carbocycles. The van der Waals surface area contributed by atoms with Crippen LogP contribution in [0.3, 0.4) is 0 Å². The molecule has 0 spiro atoms. The van der Waals surface area contributed by atoms with Crippen LogP contribution in [0.25, 0.3) is 0 Å². The number of hydrogen-bond donors (Lipinski definition) is 0. The second kappa shape index (κ2) is 12.5. The molecule has 6 nitrogen and oxygen atoms in total. The van der Waals surface area contributed by atoms with Crippen LogP contribution in [0.15, 0.2) is 64.5 Å². The lowest BCUT2D eigenvalue weighted by atomic mass is 10.0. The average Bonchev–Trinajstić information content (AvgIpc) is 3.36. The maximum absolute atomic E-state index is 13.6. The van der Waals surface area contributed by atoms with Gasteiger partial charge in [0.2, 0.25) is 5.91 Å². The number of rotatable bonds is 10. The molecule has 0 unspecified atom stereocenters. The Morgan fingerprint density at radius 1 is 1.19 bits per heavy atom. The van der Waals surface area contributed by atoms with Gasteiger partial charge in [-0.3, -0.25) is 9.59 Å². The zero-order valence-corrected chi connectivity index (χ0v) is 22.4. The molecule has 4 rings (SSSR count). The maximum Gasteiger partial charge on any atom is 0.254 e. The number of nitrogens with zero attached hydrogens (tertiary/aromatic N) is 2. The lowest BCUT2D eigenvalue weighted by Gasteiger charge is -2.37. The molecule has 36 heavy (non-hydrogen) atoms. The molecule has 1 aliphatic rings. The minimum atomic E-state index is -0.333. The van der Waals surface area contributed by atoms with Crippen molar-refractivity contribution in [1.29, 1.82) is 0 Å². The fraction of sp³-hybridized carbons (Fsp3) is 0.333. The van der Waals surface area contributed by atoms with Gasteiger partial charge in [0.1, 0.15) is 24.7 Å². The van der Waals surface area contributed by atoms with Crippen LogP contribution in [0, 0.1) is 5.82 Å². The number of hydrogen-bond acceptors (Lipinski definition) is 5. The van der Waals surface area contributed by atoms with Gasteiger partial charge in [0.05, 0.1) is 6.04 Å². The van der Waals surface area contributed by atoms with Crippen molar-refractivity contribution >= 4 is 39.1 Å². The Labute approximate surface area is 222 Å². The highest BCUT2D eigenvalue weighted by Crippen LogP contribution is 2.34. The van der Waals surface area contributed by atoms with Crippen molar-refractivity contribution in [2.45, 2.75) is 18.9 Å². The van der Waals surface area contributed by atoms with Gasteiger partial charge >= 0.3 is 0 Å². The highest BCUT2D eigenvalue weighted by molar-refractivity contribution is 9.10. The first-order valence-corrected chi connectivity index (χ1v) is 13.4. The topological polar surface area (TPSA) is 59.1 Å². The van der Waals surface area contributed by atoms with E-state index in [4.69, 9.17) is 9.47 Å². The molecule has 2 heterocycles. The summed E-state index contributed by atoms with van der Waals surface area (Å²) >= 11 is 5.09. The van der Waals surface area contributed by atoms with Gasteiger partial charge in [-0.1, -0.05) is 22.0 Å². The quantitative estimate of drug-likeness (QED) is 0.307. The molecule has 1 aliphatic heterocycles. The first-order chi connectivity index (χ1) is 17.5. The van der Waals surface area contributed by atoms with Gasteiger partial charge in [0, 0.05) is 41.7 Å². The standard InChI is InChI=1S/C27H28BrFN2O4S/c1-34-14-3-12-30(27(33)19-4-2-5-20(28)16-19)17-26(32)31-13-10-25-23(11-15-36-25)24(31)18-35-22-8-6-21(29)7-9-22/h2,4-9,11,15-16,24H,3,10,12-14,17-18H2,1H3/t24-/m1/s1. The molecule has 190 valence electrons. The van der Waals surface area contributed by atoms with Gasteiger partial charge in [-0.25, -0.2) is 4.39 Å². The van der Waals surface area contributed by atoms with Crippen LogP contribution in [-0.4, -0.2) is 61.6 Å². The van der Waals surface area contributed by atoms with Crippen molar-refractivity contribution in [2.75, 3.05) is 40.0 Å². The number of carbonyl (C=O) groups excluding carboxylic acids is 2. The number of thiophene rings is 1. The van der Waals surface area contributed by atoms with Gasteiger partial charge < -0.3 is 19.3 Å². The Kier molecular flexibility index (Phi) is 9.12. The predicted octanol–water partition coefficient (Wildman–Crippen LogP) is 5.33. The van der Waals surface area contributed by atoms with Crippen molar-refractivity contribution in [3.8, 4) is 5.75 Å². The molecule has 0 saturated carbocycles. The van der Waals surface area contributed by atoms with Gasteiger partial charge in [-0.15, -0.1) is 11.3 Å². The molecule has 1 aromatic heterocycles. The van der Waals surface area contributed by atoms with Gasteiger partial charge in [-0.05, 0) is 72.3 Å². The number of carbonyl (C=O) groups is 2. The van der Waals surface area contributed by atoms with Crippen LogP contribution in [0.2, 0.25) is 0 Å². The largest absolute Gasteiger partial charge is 0.491 e. The monoisotopic (exact) mass is 574 g/mol. The third-order valence-electron chi connectivity index (χ3n) is 6.10. The minimum Gasteiger partial charge on any atom is -0.491 e. The Bertz CT molecular complexity index is 1190. The number of benzene rings is 2. The van der Waals surface area contributed by atoms with E-state index in [1.54, 1.807) is 58.6 Å². The van der Waals surface area contributed by atoms with Crippen LogP contribution in [-0.2, 0) is 16.0 Å². The zero-order valence-electron chi connectivity index (χ0n) is 20.0. The summed E-state index contributed by atoms with van der Waals surface area (Å²) in [6, 6.07) is 14.8. The summed E-state index contributed by atoms with van der Waals surface area (Å²) in [5.41, 5.74) is 1.58. The number of methoxy groups -OCH3 is 1. The lowest BCUT2D eigenvalue weighted by molar-refractivity contribution is -0.135. The Morgan fingerprint density at radius 2 is 2.00 bits per heavy atom. The summed E-state index contributed by atoms with van der Waals surface area (Å²) in [6.07, 6.45) is 1.38. The molecule has 2 amide bonds. The van der Waals surface area contributed by atoms with E-state index in [-0.39, 0.29) is 36.8 Å². The third-order valence-corrected chi connectivity index (χ3v) is 7.59. The predicted molar refractivity (Wildman–Crippen MR) is 141 cm³/mol. The van der Waals surface area contributed by atoms with Crippen LogP contribution in [0.4, 0.5) is 4.39 Å². The summed E-state index contributed by atoms with van der Waals surface area (Å²) in [5.74, 6) is -0.133. The van der Waals surface area contributed by atoms with E-state index >= 15 is 0 Å². The normalized spacial score (nSPS) is 14.9. The molecule has 2 aromatic carbocycles. The van der Waals surface area contributed by atoms with E-state index in [0.717, 1.165) is 16.5 Å². The van der Waals surface area contributed by atoms with E-state index in [2.05, 4.69) is 15.9 Å². The van der Waals surface area contributed by atoms with E-state index in [0.29, 0.717) is 37.4 Å². The van der Waals surface area contributed by atoms with Crippen molar-refractivity contribution in [3.05, 3.63) is 86.3 Å². The van der Waals surface area contributed by atoms with Crippen molar-refractivity contribution in [2.24, 2.45) is 0 Å². The third kappa shape index (κ3) is 6.52. The van der Waals surface area contributed by atoms with Crippen molar-refractivity contribution in [1.82, 2.24) is 9.80 Å². The molecule has 1 atom stereocenters. The number of ether oxygens (including phenoxy) is 2. The van der Waals surface area contributed by atoms with Gasteiger partial charge in [0.25, 0.3) is 5.91 Å².